The Morgan fingerprint density at radius 3 is 3.04 bits per heavy atom. The van der Waals surface area contributed by atoms with Crippen molar-refractivity contribution in [2.24, 2.45) is 0 Å². The van der Waals surface area contributed by atoms with Crippen LogP contribution >= 0.6 is 0 Å². The molecule has 1 saturated heterocycles. The number of nitrogens with zero attached hydrogens (tertiary/aromatic N) is 3. The summed E-state index contributed by atoms with van der Waals surface area (Å²) >= 11 is 0. The number of amides is 2. The Labute approximate surface area is 133 Å². The largest absolute Gasteiger partial charge is 0.465 e. The van der Waals surface area contributed by atoms with Gasteiger partial charge < -0.3 is 19.4 Å². The number of imidazole rings is 1. The van der Waals surface area contributed by atoms with Crippen molar-refractivity contribution in [3.05, 3.63) is 18.7 Å². The van der Waals surface area contributed by atoms with E-state index < -0.39 is 18.1 Å². The molecular weight excluding hydrogens is 304 g/mol. The second-order valence-corrected chi connectivity index (χ2v) is 4.97. The van der Waals surface area contributed by atoms with Crippen molar-refractivity contribution in [1.82, 2.24) is 19.8 Å². The van der Waals surface area contributed by atoms with Gasteiger partial charge in [0.15, 0.2) is 0 Å². The van der Waals surface area contributed by atoms with Crippen LogP contribution in [0.5, 0.6) is 0 Å². The number of aromatic nitrogens is 2. The topological polar surface area (TPSA) is 103 Å². The molecule has 1 aromatic heterocycles. The Bertz CT molecular complexity index is 545. The predicted molar refractivity (Wildman–Crippen MR) is 78.3 cm³/mol. The van der Waals surface area contributed by atoms with Crippen molar-refractivity contribution in [2.75, 3.05) is 26.3 Å². The van der Waals surface area contributed by atoms with Crippen LogP contribution in [0.2, 0.25) is 0 Å². The summed E-state index contributed by atoms with van der Waals surface area (Å²) in [6.45, 7) is 2.71. The van der Waals surface area contributed by atoms with Gasteiger partial charge in [-0.2, -0.15) is 0 Å². The van der Waals surface area contributed by atoms with Crippen molar-refractivity contribution in [2.45, 2.75) is 25.9 Å². The Balaban J connectivity index is 1.77. The van der Waals surface area contributed by atoms with E-state index in [4.69, 9.17) is 9.47 Å². The molecule has 1 N–H and O–H groups in total. The zero-order chi connectivity index (χ0) is 16.7. The van der Waals surface area contributed by atoms with Crippen molar-refractivity contribution < 1.29 is 23.9 Å². The average molecular weight is 324 g/mol. The maximum absolute atomic E-state index is 12.1. The van der Waals surface area contributed by atoms with E-state index in [-0.39, 0.29) is 25.7 Å². The minimum Gasteiger partial charge on any atom is -0.465 e. The Morgan fingerprint density at radius 1 is 1.52 bits per heavy atom. The minimum atomic E-state index is -0.805. The molecule has 1 aliphatic rings. The van der Waals surface area contributed by atoms with Gasteiger partial charge >= 0.3 is 12.1 Å². The smallest absolute Gasteiger partial charge is 0.411 e. The number of hydrogen-bond acceptors (Lipinski definition) is 6. The van der Waals surface area contributed by atoms with Gasteiger partial charge in [-0.1, -0.05) is 0 Å². The van der Waals surface area contributed by atoms with E-state index in [1.54, 1.807) is 19.4 Å². The molecule has 0 unspecified atom stereocenters. The highest BCUT2D eigenvalue weighted by Crippen LogP contribution is 2.12. The highest BCUT2D eigenvalue weighted by molar-refractivity contribution is 5.90. The lowest BCUT2D eigenvalue weighted by atomic mass is 10.2. The van der Waals surface area contributed by atoms with Crippen molar-refractivity contribution in [3.63, 3.8) is 0 Å². The first kappa shape index (κ1) is 16.8. The van der Waals surface area contributed by atoms with Gasteiger partial charge in [0, 0.05) is 25.5 Å². The molecule has 0 spiro atoms. The summed E-state index contributed by atoms with van der Waals surface area (Å²) in [4.78, 5) is 40.3. The van der Waals surface area contributed by atoms with E-state index in [0.717, 1.165) is 17.9 Å². The lowest BCUT2D eigenvalue weighted by Crippen LogP contribution is -2.48. The standard InChI is InChI=1S/C14H20N4O5/c1-2-22-12(19)8-18-11(9-23-14(18)21)13(20)16-4-3-6-17-7-5-15-10-17/h5,7,10-11H,2-4,6,8-9H2,1H3,(H,16,20)/t11-/m0/s1. The van der Waals surface area contributed by atoms with Gasteiger partial charge in [-0.05, 0) is 13.3 Å². The molecule has 1 aliphatic heterocycles. The Morgan fingerprint density at radius 2 is 2.35 bits per heavy atom. The molecule has 0 aliphatic carbocycles. The van der Waals surface area contributed by atoms with Crippen molar-refractivity contribution >= 4 is 18.0 Å². The van der Waals surface area contributed by atoms with Crippen LogP contribution in [0.1, 0.15) is 13.3 Å². The van der Waals surface area contributed by atoms with E-state index in [2.05, 4.69) is 10.3 Å². The third-order valence-electron chi connectivity index (χ3n) is 3.33. The summed E-state index contributed by atoms with van der Waals surface area (Å²) in [7, 11) is 0. The number of cyclic esters (lactones) is 1. The molecule has 0 radical (unpaired) electrons. The third kappa shape index (κ3) is 4.70. The number of ether oxygens (including phenoxy) is 2. The molecule has 2 amide bonds. The summed E-state index contributed by atoms with van der Waals surface area (Å²) in [6, 6.07) is -0.805. The lowest BCUT2D eigenvalue weighted by Gasteiger charge is -2.19. The molecule has 126 valence electrons. The summed E-state index contributed by atoms with van der Waals surface area (Å²) in [5.74, 6) is -0.907. The predicted octanol–water partition coefficient (Wildman–Crippen LogP) is -0.227. The molecule has 0 bridgehead atoms. The molecule has 2 heterocycles. The number of nitrogens with one attached hydrogen (secondary N) is 1. The van der Waals surface area contributed by atoms with Crippen LogP contribution in [0.4, 0.5) is 4.79 Å². The summed E-state index contributed by atoms with van der Waals surface area (Å²) in [5, 5.41) is 2.74. The summed E-state index contributed by atoms with van der Waals surface area (Å²) < 4.78 is 11.5. The number of esters is 1. The van der Waals surface area contributed by atoms with Gasteiger partial charge in [-0.25, -0.2) is 9.78 Å². The molecule has 9 heteroatoms. The molecule has 2 rings (SSSR count). The average Bonchev–Trinajstić information content (AvgIpc) is 3.15. The number of carbonyl (C=O) groups is 3. The van der Waals surface area contributed by atoms with E-state index in [1.165, 1.54) is 0 Å². The van der Waals surface area contributed by atoms with Gasteiger partial charge in [-0.15, -0.1) is 0 Å². The van der Waals surface area contributed by atoms with Crippen LogP contribution in [-0.2, 0) is 25.6 Å². The molecule has 0 saturated carbocycles. The number of carbonyl (C=O) groups excluding carboxylic acids is 3. The maximum atomic E-state index is 12.1. The van der Waals surface area contributed by atoms with Crippen LogP contribution in [0.15, 0.2) is 18.7 Å². The van der Waals surface area contributed by atoms with Crippen LogP contribution in [0, 0.1) is 0 Å². The summed E-state index contributed by atoms with van der Waals surface area (Å²) in [6.07, 6.45) is 5.27. The van der Waals surface area contributed by atoms with Crippen LogP contribution < -0.4 is 5.32 Å². The normalized spacial score (nSPS) is 17.0. The fraction of sp³-hybridized carbons (Fsp3) is 0.571. The fourth-order valence-corrected chi connectivity index (χ4v) is 2.20. The van der Waals surface area contributed by atoms with E-state index in [0.29, 0.717) is 6.54 Å². The van der Waals surface area contributed by atoms with E-state index in [1.807, 2.05) is 10.8 Å². The third-order valence-corrected chi connectivity index (χ3v) is 3.33. The van der Waals surface area contributed by atoms with Gasteiger partial charge in [-0.3, -0.25) is 14.5 Å². The SMILES string of the molecule is CCOC(=O)CN1C(=O)OC[C@H]1C(=O)NCCCn1ccnc1. The second-order valence-electron chi connectivity index (χ2n) is 4.97. The highest BCUT2D eigenvalue weighted by atomic mass is 16.6. The molecule has 0 aromatic carbocycles. The zero-order valence-corrected chi connectivity index (χ0v) is 12.9. The van der Waals surface area contributed by atoms with Crippen molar-refractivity contribution in [3.8, 4) is 0 Å². The van der Waals surface area contributed by atoms with Gasteiger partial charge in [0.2, 0.25) is 5.91 Å². The van der Waals surface area contributed by atoms with Crippen LogP contribution in [0.25, 0.3) is 0 Å². The van der Waals surface area contributed by atoms with Gasteiger partial charge in [0.25, 0.3) is 0 Å². The van der Waals surface area contributed by atoms with Gasteiger partial charge in [0.05, 0.1) is 12.9 Å². The Kier molecular flexibility index (Phi) is 5.95. The number of aryl methyl sites for hydroxylation is 1. The number of rotatable bonds is 8. The van der Waals surface area contributed by atoms with Crippen molar-refractivity contribution in [1.29, 1.82) is 0 Å². The molecule has 1 atom stereocenters. The van der Waals surface area contributed by atoms with Crippen LogP contribution in [0.3, 0.4) is 0 Å². The monoisotopic (exact) mass is 324 g/mol. The molecule has 1 aromatic rings. The highest BCUT2D eigenvalue weighted by Gasteiger charge is 2.39. The van der Waals surface area contributed by atoms with E-state index in [9.17, 15) is 14.4 Å². The lowest BCUT2D eigenvalue weighted by molar-refractivity contribution is -0.144. The zero-order valence-electron chi connectivity index (χ0n) is 12.9. The maximum Gasteiger partial charge on any atom is 0.411 e. The Hall–Kier alpha value is -2.58. The second kappa shape index (κ2) is 8.16. The molecule has 9 nitrogen and oxygen atoms in total. The number of hydrogen-bond donors (Lipinski definition) is 1. The van der Waals surface area contributed by atoms with Gasteiger partial charge in [0.1, 0.15) is 19.2 Å². The molecule has 23 heavy (non-hydrogen) atoms. The quantitative estimate of drug-likeness (QED) is 0.523. The summed E-state index contributed by atoms with van der Waals surface area (Å²) in [5.41, 5.74) is 0. The molecular formula is C14H20N4O5. The first-order chi connectivity index (χ1) is 11.1. The minimum absolute atomic E-state index is 0.0639. The fourth-order valence-electron chi connectivity index (χ4n) is 2.20. The first-order valence-electron chi connectivity index (χ1n) is 7.44. The van der Waals surface area contributed by atoms with E-state index >= 15 is 0 Å². The first-order valence-corrected chi connectivity index (χ1v) is 7.44. The van der Waals surface area contributed by atoms with Crippen LogP contribution in [-0.4, -0.2) is 64.8 Å². The molecule has 1 fully saturated rings.